The van der Waals surface area contributed by atoms with E-state index in [1.165, 1.54) is 89.9 Å². The molecule has 0 bridgehead atoms. The minimum atomic E-state index is -0.867. The van der Waals surface area contributed by atoms with E-state index in [1.807, 2.05) is 6.08 Å². The van der Waals surface area contributed by atoms with Gasteiger partial charge < -0.3 is 15.5 Å². The monoisotopic (exact) mass is 854 g/mol. The number of carbonyl (C=O) groups excluding carboxylic acids is 1. The smallest absolute Gasteiger partial charge is 0.220 e. The van der Waals surface area contributed by atoms with Gasteiger partial charge in [-0.1, -0.05) is 237 Å². The minimum absolute atomic E-state index is 0.112. The Kier molecular flexibility index (Phi) is 49.0. The van der Waals surface area contributed by atoms with Gasteiger partial charge >= 0.3 is 0 Å². The van der Waals surface area contributed by atoms with Crippen molar-refractivity contribution in [2.24, 2.45) is 0 Å². The molecule has 1 amide bonds. The van der Waals surface area contributed by atoms with E-state index in [2.05, 4.69) is 141 Å². The first kappa shape index (κ1) is 58.5. The fourth-order valence-corrected chi connectivity index (χ4v) is 6.79. The van der Waals surface area contributed by atoms with E-state index >= 15 is 0 Å². The molecule has 2 atom stereocenters. The molecule has 0 aromatic carbocycles. The summed E-state index contributed by atoms with van der Waals surface area (Å²) in [6.07, 6.45) is 81.5. The molecule has 0 saturated heterocycles. The summed E-state index contributed by atoms with van der Waals surface area (Å²) in [6.45, 7) is 4.17. The van der Waals surface area contributed by atoms with Gasteiger partial charge in [-0.05, 0) is 96.3 Å². The lowest BCUT2D eigenvalue weighted by Crippen LogP contribution is -2.45. The number of amides is 1. The van der Waals surface area contributed by atoms with E-state index < -0.39 is 12.1 Å². The fourth-order valence-electron chi connectivity index (χ4n) is 6.79. The quantitative estimate of drug-likeness (QED) is 0.0422. The average molecular weight is 854 g/mol. The molecular formula is C58H95NO3. The standard InChI is InChI=1S/C58H95NO3/c1-3-5-7-9-11-13-15-17-19-21-22-23-24-25-26-27-28-29-30-31-32-33-34-35-36-38-40-42-44-46-48-50-52-54-58(62)59-56(55-60)57(61)53-51-49-47-45-43-41-39-37-20-18-16-14-12-10-8-6-4-2/h5,7,11,13,17,19,22-23,25-26,28-29,31-32,34-35,38,40,44,46,51,53,56-57,60-61H,3-4,6,8-10,12,14-16,18,20-21,24,27,30,33,36-37,39,41-43,45,47-50,52,54-55H2,1-2H3,(H,59,62)/b7-5-,13-11-,19-17-,23-22-,26-25-,29-28-,32-31-,35-34-,40-38-,46-44-,53-51+. The van der Waals surface area contributed by atoms with Crippen LogP contribution in [0.3, 0.4) is 0 Å². The van der Waals surface area contributed by atoms with Crippen LogP contribution in [0.4, 0.5) is 0 Å². The highest BCUT2D eigenvalue weighted by atomic mass is 16.3. The lowest BCUT2D eigenvalue weighted by molar-refractivity contribution is -0.123. The lowest BCUT2D eigenvalue weighted by Gasteiger charge is -2.19. The highest BCUT2D eigenvalue weighted by Gasteiger charge is 2.17. The van der Waals surface area contributed by atoms with Crippen LogP contribution in [0.1, 0.15) is 206 Å². The predicted molar refractivity (Wildman–Crippen MR) is 275 cm³/mol. The van der Waals surface area contributed by atoms with Crippen molar-refractivity contribution in [1.29, 1.82) is 0 Å². The maximum atomic E-state index is 12.4. The Hall–Kier alpha value is -3.47. The van der Waals surface area contributed by atoms with E-state index in [4.69, 9.17) is 0 Å². The van der Waals surface area contributed by atoms with Crippen LogP contribution in [-0.2, 0) is 4.79 Å². The fraction of sp³-hybridized carbons (Fsp3) is 0.603. The molecule has 350 valence electrons. The second-order valence-corrected chi connectivity index (χ2v) is 16.5. The van der Waals surface area contributed by atoms with Gasteiger partial charge in [-0.3, -0.25) is 4.79 Å². The van der Waals surface area contributed by atoms with Gasteiger partial charge in [0.2, 0.25) is 5.91 Å². The van der Waals surface area contributed by atoms with Crippen molar-refractivity contribution in [3.05, 3.63) is 134 Å². The summed E-state index contributed by atoms with van der Waals surface area (Å²) in [5, 5.41) is 23.0. The molecule has 0 radical (unpaired) electrons. The molecule has 0 fully saturated rings. The summed E-state index contributed by atoms with van der Waals surface area (Å²) in [4.78, 5) is 12.4. The van der Waals surface area contributed by atoms with Gasteiger partial charge in [0, 0.05) is 6.42 Å². The molecule has 4 nitrogen and oxygen atoms in total. The summed E-state index contributed by atoms with van der Waals surface area (Å²) in [7, 11) is 0. The Morgan fingerprint density at radius 3 is 1.06 bits per heavy atom. The van der Waals surface area contributed by atoms with Crippen LogP contribution >= 0.6 is 0 Å². The van der Waals surface area contributed by atoms with E-state index in [-0.39, 0.29) is 12.5 Å². The van der Waals surface area contributed by atoms with E-state index in [0.29, 0.717) is 6.42 Å². The van der Waals surface area contributed by atoms with Crippen LogP contribution in [0.25, 0.3) is 0 Å². The number of rotatable bonds is 44. The first-order valence-electron chi connectivity index (χ1n) is 25.4. The Labute approximate surface area is 383 Å². The van der Waals surface area contributed by atoms with Gasteiger partial charge in [-0.2, -0.15) is 0 Å². The Morgan fingerprint density at radius 2 is 0.710 bits per heavy atom. The van der Waals surface area contributed by atoms with Crippen molar-refractivity contribution in [2.75, 3.05) is 6.61 Å². The molecule has 62 heavy (non-hydrogen) atoms. The summed E-state index contributed by atoms with van der Waals surface area (Å²) >= 11 is 0. The zero-order valence-electron chi connectivity index (χ0n) is 40.1. The Morgan fingerprint density at radius 1 is 0.403 bits per heavy atom. The highest BCUT2D eigenvalue weighted by Crippen LogP contribution is 2.14. The summed E-state index contributed by atoms with van der Waals surface area (Å²) in [5.74, 6) is -0.112. The number of nitrogens with one attached hydrogen (secondary N) is 1. The van der Waals surface area contributed by atoms with Crippen molar-refractivity contribution < 1.29 is 15.0 Å². The first-order chi connectivity index (χ1) is 30.7. The van der Waals surface area contributed by atoms with Crippen LogP contribution in [0.2, 0.25) is 0 Å². The van der Waals surface area contributed by atoms with Crippen LogP contribution in [0, 0.1) is 0 Å². The Bertz CT molecular complexity index is 1290. The van der Waals surface area contributed by atoms with Gasteiger partial charge in [0.15, 0.2) is 0 Å². The number of aliphatic hydroxyl groups excluding tert-OH is 2. The number of unbranched alkanes of at least 4 members (excludes halogenated alkanes) is 17. The van der Waals surface area contributed by atoms with Crippen molar-refractivity contribution in [2.45, 2.75) is 219 Å². The molecule has 0 aliphatic carbocycles. The number of allylic oxidation sites excluding steroid dienone is 21. The molecule has 0 aliphatic heterocycles. The third-order valence-electron chi connectivity index (χ3n) is 10.6. The van der Waals surface area contributed by atoms with Crippen molar-refractivity contribution >= 4 is 5.91 Å². The maximum Gasteiger partial charge on any atom is 0.220 e. The van der Waals surface area contributed by atoms with Gasteiger partial charge in [-0.15, -0.1) is 0 Å². The van der Waals surface area contributed by atoms with Gasteiger partial charge in [0.1, 0.15) is 0 Å². The lowest BCUT2D eigenvalue weighted by atomic mass is 10.0. The number of hydrogen-bond acceptors (Lipinski definition) is 3. The van der Waals surface area contributed by atoms with Gasteiger partial charge in [0.05, 0.1) is 18.8 Å². The zero-order chi connectivity index (χ0) is 44.9. The molecule has 4 heteroatoms. The minimum Gasteiger partial charge on any atom is -0.394 e. The van der Waals surface area contributed by atoms with Crippen molar-refractivity contribution in [1.82, 2.24) is 5.32 Å². The van der Waals surface area contributed by atoms with Crippen LogP contribution in [0.15, 0.2) is 134 Å². The molecule has 0 aromatic rings. The second kappa shape index (κ2) is 51.9. The largest absolute Gasteiger partial charge is 0.394 e. The molecule has 0 rings (SSSR count). The van der Waals surface area contributed by atoms with E-state index in [0.717, 1.165) is 96.3 Å². The van der Waals surface area contributed by atoms with E-state index in [1.54, 1.807) is 6.08 Å². The molecular weight excluding hydrogens is 759 g/mol. The molecule has 0 aliphatic rings. The summed E-state index contributed by atoms with van der Waals surface area (Å²) in [5.41, 5.74) is 0. The van der Waals surface area contributed by atoms with Gasteiger partial charge in [0.25, 0.3) is 0 Å². The van der Waals surface area contributed by atoms with E-state index in [9.17, 15) is 15.0 Å². The normalized spacial score (nSPS) is 14.1. The number of hydrogen-bond donors (Lipinski definition) is 3. The second-order valence-electron chi connectivity index (χ2n) is 16.5. The SMILES string of the molecule is CC/C=C\C/C=C\C/C=C\C/C=C\C/C=C\C/C=C\C/C=C\C/C=C\C/C=C\C/C=C\CCCCC(=O)NC(CO)C(O)/C=C/CCCCCCCCCCCCCCCCC. The topological polar surface area (TPSA) is 69.6 Å². The molecule has 0 saturated carbocycles. The number of aliphatic hydroxyl groups is 2. The van der Waals surface area contributed by atoms with Crippen molar-refractivity contribution in [3.8, 4) is 0 Å². The first-order valence-corrected chi connectivity index (χ1v) is 25.4. The number of carbonyl (C=O) groups is 1. The maximum absolute atomic E-state index is 12.4. The molecule has 0 aromatic heterocycles. The highest BCUT2D eigenvalue weighted by molar-refractivity contribution is 5.76. The summed E-state index contributed by atoms with van der Waals surface area (Å²) < 4.78 is 0. The average Bonchev–Trinajstić information content (AvgIpc) is 3.28. The Balaban J connectivity index is 3.75. The molecule has 2 unspecified atom stereocenters. The van der Waals surface area contributed by atoms with Gasteiger partial charge in [-0.25, -0.2) is 0 Å². The zero-order valence-corrected chi connectivity index (χ0v) is 40.1. The third kappa shape index (κ3) is 47.6. The molecule has 3 N–H and O–H groups in total. The van der Waals surface area contributed by atoms with Crippen molar-refractivity contribution in [3.63, 3.8) is 0 Å². The molecule has 0 spiro atoms. The van der Waals surface area contributed by atoms with Crippen LogP contribution < -0.4 is 5.32 Å². The summed E-state index contributed by atoms with van der Waals surface area (Å²) in [6, 6.07) is -0.656. The predicted octanol–water partition coefficient (Wildman–Crippen LogP) is 16.7. The third-order valence-corrected chi connectivity index (χ3v) is 10.6. The van der Waals surface area contributed by atoms with Crippen LogP contribution in [-0.4, -0.2) is 34.9 Å². The van der Waals surface area contributed by atoms with Crippen LogP contribution in [0.5, 0.6) is 0 Å². The molecule has 0 heterocycles.